The van der Waals surface area contributed by atoms with Gasteiger partial charge in [-0.25, -0.2) is 4.79 Å². The van der Waals surface area contributed by atoms with Gasteiger partial charge in [0.05, 0.1) is 0 Å². The van der Waals surface area contributed by atoms with Crippen LogP contribution in [0.2, 0.25) is 0 Å². The van der Waals surface area contributed by atoms with Crippen molar-refractivity contribution < 1.29 is 14.6 Å². The van der Waals surface area contributed by atoms with Gasteiger partial charge in [-0.05, 0) is 47.9 Å². The van der Waals surface area contributed by atoms with E-state index >= 15 is 0 Å². The first-order valence-corrected chi connectivity index (χ1v) is 8.47. The number of ether oxygens (including phenoxy) is 1. The first-order valence-electron chi connectivity index (χ1n) is 8.47. The fourth-order valence-electron chi connectivity index (χ4n) is 2.50. The van der Waals surface area contributed by atoms with Crippen LogP contribution in [0, 0.1) is 0 Å². The number of aliphatic carboxylic acids is 1. The fourth-order valence-corrected chi connectivity index (χ4v) is 2.50. The van der Waals surface area contributed by atoms with Gasteiger partial charge in [0.1, 0.15) is 12.4 Å². The van der Waals surface area contributed by atoms with Gasteiger partial charge in [0.2, 0.25) is 0 Å². The van der Waals surface area contributed by atoms with E-state index in [1.807, 2.05) is 48.5 Å². The lowest BCUT2D eigenvalue weighted by Gasteiger charge is -2.16. The number of hydrogen-bond donors (Lipinski definition) is 3. The molecule has 1 heterocycles. The lowest BCUT2D eigenvalue weighted by atomic mass is 10.2. The van der Waals surface area contributed by atoms with E-state index in [1.54, 1.807) is 6.08 Å². The van der Waals surface area contributed by atoms with Crippen molar-refractivity contribution in [3.8, 4) is 5.75 Å². The summed E-state index contributed by atoms with van der Waals surface area (Å²) in [7, 11) is 0. The first-order chi connectivity index (χ1) is 12.7. The van der Waals surface area contributed by atoms with Gasteiger partial charge >= 0.3 is 5.97 Å². The third-order valence-electron chi connectivity index (χ3n) is 3.79. The average Bonchev–Trinajstić information content (AvgIpc) is 2.67. The highest BCUT2D eigenvalue weighted by atomic mass is 16.5. The van der Waals surface area contributed by atoms with Gasteiger partial charge in [0.15, 0.2) is 5.96 Å². The second-order valence-electron chi connectivity index (χ2n) is 5.87. The molecule has 0 aliphatic carbocycles. The van der Waals surface area contributed by atoms with Crippen LogP contribution in [0.4, 0.5) is 5.69 Å². The number of rotatable bonds is 6. The van der Waals surface area contributed by atoms with Gasteiger partial charge in [0.25, 0.3) is 0 Å². The molecular formula is C20H21N3O3. The zero-order valence-electron chi connectivity index (χ0n) is 14.3. The van der Waals surface area contributed by atoms with Gasteiger partial charge in [0, 0.05) is 24.9 Å². The van der Waals surface area contributed by atoms with Crippen LogP contribution >= 0.6 is 0 Å². The Morgan fingerprint density at radius 2 is 2.12 bits per heavy atom. The van der Waals surface area contributed by atoms with Gasteiger partial charge in [-0.15, -0.1) is 0 Å². The van der Waals surface area contributed by atoms with Crippen LogP contribution in [0.1, 0.15) is 17.5 Å². The third-order valence-corrected chi connectivity index (χ3v) is 3.79. The fraction of sp³-hybridized carbons (Fsp3) is 0.200. The van der Waals surface area contributed by atoms with E-state index < -0.39 is 5.97 Å². The van der Waals surface area contributed by atoms with Crippen LogP contribution in [0.3, 0.4) is 0 Å². The number of anilines is 1. The Morgan fingerprint density at radius 3 is 2.85 bits per heavy atom. The van der Waals surface area contributed by atoms with Crippen molar-refractivity contribution >= 4 is 23.7 Å². The monoisotopic (exact) mass is 351 g/mol. The van der Waals surface area contributed by atoms with Crippen molar-refractivity contribution in [1.29, 1.82) is 0 Å². The molecule has 0 radical (unpaired) electrons. The van der Waals surface area contributed by atoms with Crippen LogP contribution in [0.5, 0.6) is 5.75 Å². The molecule has 1 aliphatic heterocycles. The Hall–Kier alpha value is -3.28. The van der Waals surface area contributed by atoms with Crippen molar-refractivity contribution in [3.63, 3.8) is 0 Å². The summed E-state index contributed by atoms with van der Waals surface area (Å²) in [6, 6.07) is 15.3. The van der Waals surface area contributed by atoms with Gasteiger partial charge in [-0.2, -0.15) is 0 Å². The Morgan fingerprint density at radius 1 is 1.27 bits per heavy atom. The van der Waals surface area contributed by atoms with E-state index in [0.717, 1.165) is 54.1 Å². The minimum absolute atomic E-state index is 0.444. The molecule has 6 heteroatoms. The second kappa shape index (κ2) is 8.71. The normalized spacial score (nSPS) is 13.8. The highest BCUT2D eigenvalue weighted by Gasteiger charge is 2.05. The second-order valence-corrected chi connectivity index (χ2v) is 5.87. The molecule has 3 N–H and O–H groups in total. The van der Waals surface area contributed by atoms with E-state index in [-0.39, 0.29) is 0 Å². The zero-order chi connectivity index (χ0) is 18.2. The number of benzene rings is 2. The lowest BCUT2D eigenvalue weighted by molar-refractivity contribution is -0.131. The summed E-state index contributed by atoms with van der Waals surface area (Å²) in [6.45, 7) is 2.22. The maximum absolute atomic E-state index is 10.5. The quantitative estimate of drug-likeness (QED) is 0.697. The molecule has 0 unspecified atom stereocenters. The number of hydrogen-bond acceptors (Lipinski definition) is 5. The molecule has 1 aliphatic rings. The summed E-state index contributed by atoms with van der Waals surface area (Å²) < 4.78 is 5.80. The smallest absolute Gasteiger partial charge is 0.328 e. The molecule has 134 valence electrons. The van der Waals surface area contributed by atoms with Gasteiger partial charge in [-0.1, -0.05) is 24.3 Å². The molecule has 0 amide bonds. The molecule has 2 aromatic carbocycles. The molecular weight excluding hydrogens is 330 g/mol. The Labute approximate surface area is 152 Å². The minimum atomic E-state index is -0.965. The molecule has 0 atom stereocenters. The minimum Gasteiger partial charge on any atom is -0.489 e. The number of carboxylic acid groups (broad SMARTS) is 1. The van der Waals surface area contributed by atoms with Crippen LogP contribution in [0.15, 0.2) is 59.6 Å². The predicted octanol–water partition coefficient (Wildman–Crippen LogP) is 3.12. The standard InChI is InChI=1S/C20H21N3O3/c24-19(25)10-7-15-5-8-18(9-6-15)26-14-16-3-1-4-17(13-16)23-20-21-11-2-12-22-20/h1,3-10,13H,2,11-12,14H2,(H,24,25)(H2,21,22,23). The number of aliphatic imine (C=N–C) groups is 1. The van der Waals surface area contributed by atoms with Crippen LogP contribution in [0.25, 0.3) is 6.08 Å². The first kappa shape index (κ1) is 17.5. The molecule has 0 bridgehead atoms. The zero-order valence-corrected chi connectivity index (χ0v) is 14.3. The van der Waals surface area contributed by atoms with Gasteiger partial charge < -0.3 is 20.5 Å². The average molecular weight is 351 g/mol. The van der Waals surface area contributed by atoms with E-state index in [9.17, 15) is 4.79 Å². The van der Waals surface area contributed by atoms with E-state index in [1.165, 1.54) is 0 Å². The Balaban J connectivity index is 1.56. The molecule has 0 spiro atoms. The van der Waals surface area contributed by atoms with E-state index in [4.69, 9.17) is 9.84 Å². The van der Waals surface area contributed by atoms with Crippen LogP contribution < -0.4 is 15.4 Å². The molecule has 0 aromatic heterocycles. The van der Waals surface area contributed by atoms with Crippen LogP contribution in [-0.2, 0) is 11.4 Å². The molecule has 0 saturated carbocycles. The number of carboxylic acids is 1. The summed E-state index contributed by atoms with van der Waals surface area (Å²) in [5.74, 6) is 0.571. The Bertz CT molecular complexity index is 813. The maximum Gasteiger partial charge on any atom is 0.328 e. The van der Waals surface area contributed by atoms with Crippen molar-refractivity contribution in [2.24, 2.45) is 4.99 Å². The largest absolute Gasteiger partial charge is 0.489 e. The summed E-state index contributed by atoms with van der Waals surface area (Å²) >= 11 is 0. The molecule has 0 saturated heterocycles. The molecule has 6 nitrogen and oxygen atoms in total. The predicted molar refractivity (Wildman–Crippen MR) is 102 cm³/mol. The summed E-state index contributed by atoms with van der Waals surface area (Å²) in [6.07, 6.45) is 3.72. The SMILES string of the molecule is O=C(O)C=Cc1ccc(OCc2cccc(NC3=NCCCN3)c2)cc1. The van der Waals surface area contributed by atoms with Gasteiger partial charge in [-0.3, -0.25) is 4.99 Å². The number of nitrogens with zero attached hydrogens (tertiary/aromatic N) is 1. The van der Waals surface area contributed by atoms with E-state index in [2.05, 4.69) is 15.6 Å². The topological polar surface area (TPSA) is 83.0 Å². The summed E-state index contributed by atoms with van der Waals surface area (Å²) in [5, 5.41) is 15.1. The highest BCUT2D eigenvalue weighted by molar-refractivity contribution is 5.94. The lowest BCUT2D eigenvalue weighted by Crippen LogP contribution is -2.35. The third kappa shape index (κ3) is 5.37. The Kier molecular flexibility index (Phi) is 5.88. The van der Waals surface area contributed by atoms with E-state index in [0.29, 0.717) is 6.61 Å². The number of nitrogens with one attached hydrogen (secondary N) is 2. The summed E-state index contributed by atoms with van der Waals surface area (Å²) in [5.41, 5.74) is 2.82. The van der Waals surface area contributed by atoms with Crippen molar-refractivity contribution in [2.45, 2.75) is 13.0 Å². The summed E-state index contributed by atoms with van der Waals surface area (Å²) in [4.78, 5) is 14.9. The molecule has 0 fully saturated rings. The molecule has 3 rings (SSSR count). The van der Waals surface area contributed by atoms with Crippen molar-refractivity contribution in [3.05, 3.63) is 65.7 Å². The van der Waals surface area contributed by atoms with Crippen molar-refractivity contribution in [1.82, 2.24) is 5.32 Å². The van der Waals surface area contributed by atoms with Crippen LogP contribution in [-0.4, -0.2) is 30.1 Å². The maximum atomic E-state index is 10.5. The van der Waals surface area contributed by atoms with Crippen molar-refractivity contribution in [2.75, 3.05) is 18.4 Å². The molecule has 26 heavy (non-hydrogen) atoms. The highest BCUT2D eigenvalue weighted by Crippen LogP contribution is 2.17. The number of guanidine groups is 1. The molecule has 2 aromatic rings. The number of carbonyl (C=O) groups is 1.